The van der Waals surface area contributed by atoms with Crippen molar-refractivity contribution in [3.8, 4) is 28.4 Å². The summed E-state index contributed by atoms with van der Waals surface area (Å²) in [7, 11) is -0.237. The average molecular weight is 624 g/mol. The van der Waals surface area contributed by atoms with E-state index in [0.29, 0.717) is 49.4 Å². The largest absolute Gasteiger partial charge is 0.492 e. The average Bonchev–Trinajstić information content (AvgIpc) is 3.55. The molecule has 44 heavy (non-hydrogen) atoms. The van der Waals surface area contributed by atoms with Crippen molar-refractivity contribution in [2.45, 2.75) is 70.1 Å². The summed E-state index contributed by atoms with van der Waals surface area (Å²) in [6, 6.07) is 12.9. The van der Waals surface area contributed by atoms with Crippen molar-refractivity contribution in [2.24, 2.45) is 0 Å². The number of hydrogen-bond donors (Lipinski definition) is 0. The van der Waals surface area contributed by atoms with Gasteiger partial charge in [-0.25, -0.2) is 17.1 Å². The van der Waals surface area contributed by atoms with E-state index < -0.39 is 16.1 Å². The molecule has 1 saturated carbocycles. The molecule has 1 fully saturated rings. The second kappa shape index (κ2) is 11.7. The van der Waals surface area contributed by atoms with Crippen LogP contribution in [0.3, 0.4) is 0 Å². The number of hydrogen-bond acceptors (Lipinski definition) is 7. The summed E-state index contributed by atoms with van der Waals surface area (Å²) in [5, 5.41) is 0. The maximum Gasteiger partial charge on any atom is 0.306 e. The van der Waals surface area contributed by atoms with Crippen LogP contribution >= 0.6 is 0 Å². The highest BCUT2D eigenvalue weighted by Crippen LogP contribution is 2.45. The monoisotopic (exact) mass is 623 g/mol. The first-order valence-corrected chi connectivity index (χ1v) is 16.8. The van der Waals surface area contributed by atoms with Gasteiger partial charge in [0.05, 0.1) is 26.4 Å². The Morgan fingerprint density at radius 1 is 1.05 bits per heavy atom. The highest BCUT2D eigenvalue weighted by molar-refractivity contribution is 7.88. The van der Waals surface area contributed by atoms with Gasteiger partial charge in [-0.05, 0) is 78.8 Å². The smallest absolute Gasteiger partial charge is 0.306 e. The summed E-state index contributed by atoms with van der Waals surface area (Å²) in [6.45, 7) is 4.47. The Labute approximate surface area is 258 Å². The fourth-order valence-corrected chi connectivity index (χ4v) is 7.50. The summed E-state index contributed by atoms with van der Waals surface area (Å²) in [5.74, 6) is 1.41. The zero-order valence-corrected chi connectivity index (χ0v) is 26.5. The van der Waals surface area contributed by atoms with Gasteiger partial charge in [-0.1, -0.05) is 12.1 Å². The van der Waals surface area contributed by atoms with Crippen LogP contribution in [0.2, 0.25) is 0 Å². The predicted octanol–water partition coefficient (Wildman–Crippen LogP) is 6.02. The first-order chi connectivity index (χ1) is 20.9. The van der Waals surface area contributed by atoms with Gasteiger partial charge in [0.1, 0.15) is 35.3 Å². The van der Waals surface area contributed by atoms with E-state index in [1.807, 2.05) is 50.2 Å². The zero-order chi connectivity index (χ0) is 31.3. The Morgan fingerprint density at radius 3 is 2.45 bits per heavy atom. The molecule has 234 valence electrons. The van der Waals surface area contributed by atoms with Gasteiger partial charge < -0.3 is 18.9 Å². The Kier molecular flexibility index (Phi) is 8.09. The lowest BCUT2D eigenvalue weighted by Gasteiger charge is -2.39. The third kappa shape index (κ3) is 5.77. The van der Waals surface area contributed by atoms with Crippen molar-refractivity contribution in [2.75, 3.05) is 27.0 Å². The number of ether oxygens (including phenoxy) is 4. The summed E-state index contributed by atoms with van der Waals surface area (Å²) < 4.78 is 63.7. The third-order valence-electron chi connectivity index (χ3n) is 9.25. The van der Waals surface area contributed by atoms with Crippen LogP contribution in [-0.4, -0.2) is 57.9 Å². The van der Waals surface area contributed by atoms with Gasteiger partial charge in [0.2, 0.25) is 10.0 Å². The molecule has 6 rings (SSSR count). The second-order valence-corrected chi connectivity index (χ2v) is 14.2. The van der Waals surface area contributed by atoms with E-state index in [9.17, 15) is 13.2 Å². The lowest BCUT2D eigenvalue weighted by molar-refractivity contribution is -0.141. The SMILES string of the molecule is COC(=O)C[C@@H]1COc2cc(O[C@@H]3CCc4c(-c5c(C)cc(O[C@H]6C[C@H](N(C)S(C)(=O)=O)C6)cc5C)ccc(F)c43)ccc21. The topological polar surface area (TPSA) is 91.4 Å². The fraction of sp³-hybridized carbons (Fsp3) is 0.441. The molecule has 0 unspecified atom stereocenters. The molecule has 10 heteroatoms. The molecule has 1 aliphatic heterocycles. The summed E-state index contributed by atoms with van der Waals surface area (Å²) >= 11 is 0. The summed E-state index contributed by atoms with van der Waals surface area (Å²) in [5.41, 5.74) is 6.59. The molecule has 0 bridgehead atoms. The van der Waals surface area contributed by atoms with E-state index in [4.69, 9.17) is 18.9 Å². The maximum absolute atomic E-state index is 15.4. The highest BCUT2D eigenvalue weighted by atomic mass is 32.2. The van der Waals surface area contributed by atoms with Crippen LogP contribution in [0.1, 0.15) is 65.5 Å². The number of rotatable bonds is 9. The van der Waals surface area contributed by atoms with Crippen molar-refractivity contribution >= 4 is 16.0 Å². The van der Waals surface area contributed by atoms with Gasteiger partial charge in [-0.2, -0.15) is 0 Å². The van der Waals surface area contributed by atoms with E-state index in [-0.39, 0.29) is 36.3 Å². The first-order valence-electron chi connectivity index (χ1n) is 15.0. The minimum atomic E-state index is -3.23. The van der Waals surface area contributed by atoms with Crippen LogP contribution in [0.5, 0.6) is 17.2 Å². The van der Waals surface area contributed by atoms with Gasteiger partial charge in [0.25, 0.3) is 0 Å². The number of aryl methyl sites for hydroxylation is 2. The Balaban J connectivity index is 1.19. The van der Waals surface area contributed by atoms with Crippen molar-refractivity contribution in [3.05, 3.63) is 76.1 Å². The molecule has 0 spiro atoms. The molecule has 8 nitrogen and oxygen atoms in total. The van der Waals surface area contributed by atoms with Gasteiger partial charge in [-0.3, -0.25) is 4.79 Å². The molecule has 0 aromatic heterocycles. The number of esters is 1. The molecule has 3 aliphatic rings. The Morgan fingerprint density at radius 2 is 1.77 bits per heavy atom. The standard InChI is InChI=1S/C34H38FNO7S/c1-19-12-24(42-25-15-22(16-25)36(3)44(5,38)39)13-20(2)33(19)27-8-10-29(35)34-28(27)9-11-30(34)43-23-6-7-26-21(14-32(37)40-4)18-41-31(26)17-23/h6-8,10,12-13,17,21-22,25,30H,9,11,14-16,18H2,1-5H3/t21-,22-,25-,30-/m1/s1. The van der Waals surface area contributed by atoms with Gasteiger partial charge in [0, 0.05) is 49.0 Å². The molecule has 2 atom stereocenters. The number of halogens is 1. The van der Waals surface area contributed by atoms with E-state index in [1.54, 1.807) is 7.05 Å². The molecular formula is C34H38FNO7S. The number of carbonyl (C=O) groups excluding carboxylic acids is 1. The minimum Gasteiger partial charge on any atom is -0.492 e. The molecule has 2 aliphatic carbocycles. The number of benzene rings is 3. The minimum absolute atomic E-state index is 0.0369. The number of sulfonamides is 1. The zero-order valence-electron chi connectivity index (χ0n) is 25.7. The van der Waals surface area contributed by atoms with E-state index in [1.165, 1.54) is 23.7 Å². The van der Waals surface area contributed by atoms with Crippen LogP contribution in [0, 0.1) is 19.7 Å². The van der Waals surface area contributed by atoms with E-state index in [2.05, 4.69) is 0 Å². The molecule has 1 heterocycles. The highest BCUT2D eigenvalue weighted by Gasteiger charge is 2.37. The summed E-state index contributed by atoms with van der Waals surface area (Å²) in [4.78, 5) is 11.8. The van der Waals surface area contributed by atoms with E-state index in [0.717, 1.165) is 39.1 Å². The summed E-state index contributed by atoms with van der Waals surface area (Å²) in [6.07, 6.45) is 3.64. The fourth-order valence-electron chi connectivity index (χ4n) is 6.78. The quantitative estimate of drug-likeness (QED) is 0.270. The number of nitrogens with zero attached hydrogens (tertiary/aromatic N) is 1. The van der Waals surface area contributed by atoms with Gasteiger partial charge >= 0.3 is 5.97 Å². The third-order valence-corrected chi connectivity index (χ3v) is 10.6. The van der Waals surface area contributed by atoms with Crippen molar-refractivity contribution in [1.82, 2.24) is 4.31 Å². The molecule has 3 aromatic rings. The second-order valence-electron chi connectivity index (χ2n) is 12.2. The van der Waals surface area contributed by atoms with Crippen LogP contribution in [-0.2, 0) is 26.0 Å². The van der Waals surface area contributed by atoms with Gasteiger partial charge in [0.15, 0.2) is 0 Å². The van der Waals surface area contributed by atoms with Crippen LogP contribution in [0.25, 0.3) is 11.1 Å². The molecular weight excluding hydrogens is 585 g/mol. The number of carbonyl (C=O) groups is 1. The van der Waals surface area contributed by atoms with Crippen molar-refractivity contribution in [3.63, 3.8) is 0 Å². The Bertz CT molecular complexity index is 1690. The van der Waals surface area contributed by atoms with Crippen LogP contribution < -0.4 is 14.2 Å². The number of fused-ring (bicyclic) bond motifs is 2. The van der Waals surface area contributed by atoms with Crippen LogP contribution in [0.15, 0.2) is 42.5 Å². The van der Waals surface area contributed by atoms with Crippen LogP contribution in [0.4, 0.5) is 4.39 Å². The number of methoxy groups -OCH3 is 1. The van der Waals surface area contributed by atoms with Gasteiger partial charge in [-0.15, -0.1) is 0 Å². The lowest BCUT2D eigenvalue weighted by Crippen LogP contribution is -2.49. The van der Waals surface area contributed by atoms with E-state index >= 15 is 4.39 Å². The van der Waals surface area contributed by atoms with Crippen molar-refractivity contribution < 1.29 is 36.6 Å². The Hall–Kier alpha value is -3.63. The maximum atomic E-state index is 15.4. The molecule has 0 amide bonds. The van der Waals surface area contributed by atoms with Crippen molar-refractivity contribution in [1.29, 1.82) is 0 Å². The lowest BCUT2D eigenvalue weighted by atomic mass is 9.88. The molecule has 0 N–H and O–H groups in total. The molecule has 0 radical (unpaired) electrons. The molecule has 0 saturated heterocycles. The first kappa shape index (κ1) is 30.4. The normalized spacial score (nSPS) is 22.2. The predicted molar refractivity (Wildman–Crippen MR) is 164 cm³/mol. The molecule has 3 aromatic carbocycles.